The molecule has 1 fully saturated rings. The summed E-state index contributed by atoms with van der Waals surface area (Å²) in [6.45, 7) is 9.74. The summed E-state index contributed by atoms with van der Waals surface area (Å²) >= 11 is 5.37. The van der Waals surface area contributed by atoms with Gasteiger partial charge < -0.3 is 5.11 Å². The van der Waals surface area contributed by atoms with Crippen LogP contribution in [0.2, 0.25) is 0 Å². The lowest BCUT2D eigenvalue weighted by atomic mass is 9.52. The Morgan fingerprint density at radius 2 is 1.30 bits per heavy atom. The van der Waals surface area contributed by atoms with Crippen molar-refractivity contribution in [3.8, 4) is 16.9 Å². The topological polar surface area (TPSA) is 20.2 Å². The number of fused-ring (bicyclic) bond motifs is 7. The molecule has 174 valence electrons. The normalized spacial score (nSPS) is 19.6. The van der Waals surface area contributed by atoms with Crippen LogP contribution in [0.5, 0.6) is 5.75 Å². The minimum Gasteiger partial charge on any atom is -0.507 e. The summed E-state index contributed by atoms with van der Waals surface area (Å²) in [4.78, 5) is 3.84. The molecule has 2 aliphatic rings. The van der Waals surface area contributed by atoms with Crippen LogP contribution < -0.4 is 0 Å². The van der Waals surface area contributed by atoms with Crippen LogP contribution in [0.25, 0.3) is 21.9 Å². The first-order valence-electron chi connectivity index (χ1n) is 11.7. The Morgan fingerprint density at radius 1 is 0.697 bits per heavy atom. The molecule has 0 aromatic heterocycles. The smallest absolute Gasteiger partial charge is 0.123 e. The first kappa shape index (κ1) is 23.5. The van der Waals surface area contributed by atoms with Crippen molar-refractivity contribution in [2.24, 2.45) is 10.8 Å². The lowest BCUT2D eigenvalue weighted by Crippen LogP contribution is -2.43. The quantitative estimate of drug-likeness (QED) is 0.366. The van der Waals surface area contributed by atoms with E-state index in [1.807, 2.05) is 11.8 Å². The van der Waals surface area contributed by atoms with Crippen molar-refractivity contribution in [2.75, 3.05) is 18.8 Å². The van der Waals surface area contributed by atoms with Gasteiger partial charge in [-0.1, -0.05) is 33.8 Å². The number of benzene rings is 3. The zero-order chi connectivity index (χ0) is 23.8. The van der Waals surface area contributed by atoms with Crippen LogP contribution >= 0.6 is 35.3 Å². The maximum Gasteiger partial charge on any atom is 0.123 e. The van der Waals surface area contributed by atoms with E-state index in [0.717, 1.165) is 18.2 Å². The molecular formula is C29H34OS3. The SMILES string of the molecule is CSc1ccc2c(c1)C1(CC(C)(C)CC(C)(C)C1)c1cc(O)c3cc(SC)c(SC)cc3c1-2. The zero-order valence-electron chi connectivity index (χ0n) is 20.8. The van der Waals surface area contributed by atoms with Gasteiger partial charge in [-0.2, -0.15) is 0 Å². The van der Waals surface area contributed by atoms with Gasteiger partial charge >= 0.3 is 0 Å². The summed E-state index contributed by atoms with van der Waals surface area (Å²) in [5.74, 6) is 0.421. The molecule has 1 spiro atoms. The highest BCUT2D eigenvalue weighted by Gasteiger charge is 2.53. The van der Waals surface area contributed by atoms with Gasteiger partial charge in [0.05, 0.1) is 0 Å². The largest absolute Gasteiger partial charge is 0.507 e. The molecule has 1 nitrogen and oxygen atoms in total. The van der Waals surface area contributed by atoms with Crippen molar-refractivity contribution in [2.45, 2.75) is 67.1 Å². The maximum atomic E-state index is 11.4. The lowest BCUT2D eigenvalue weighted by molar-refractivity contribution is 0.0644. The molecule has 0 heterocycles. The van der Waals surface area contributed by atoms with E-state index < -0.39 is 0 Å². The van der Waals surface area contributed by atoms with Crippen molar-refractivity contribution in [1.82, 2.24) is 0 Å². The number of thioether (sulfide) groups is 3. The van der Waals surface area contributed by atoms with Crippen LogP contribution in [0.4, 0.5) is 0 Å². The number of aromatic hydroxyl groups is 1. The van der Waals surface area contributed by atoms with E-state index in [0.29, 0.717) is 5.75 Å². The average Bonchev–Trinajstić information content (AvgIpc) is 2.98. The third kappa shape index (κ3) is 3.63. The van der Waals surface area contributed by atoms with Crippen LogP contribution in [0.3, 0.4) is 0 Å². The summed E-state index contributed by atoms with van der Waals surface area (Å²) in [5, 5.41) is 13.5. The Kier molecular flexibility index (Phi) is 5.62. The molecule has 2 aliphatic carbocycles. The molecular weight excluding hydrogens is 461 g/mol. The van der Waals surface area contributed by atoms with Gasteiger partial charge in [0.15, 0.2) is 0 Å². The standard InChI is InChI=1S/C29H34OS3/c1-27(2)14-28(3,4)16-29(15-27)21-10-17(31-5)8-9-18(21)26-20-12-25(33-7)24(32-6)11-19(20)23(30)13-22(26)29/h8-13,30H,14-16H2,1-7H3. The highest BCUT2D eigenvalue weighted by atomic mass is 32.2. The maximum absolute atomic E-state index is 11.4. The fourth-order valence-corrected chi connectivity index (χ4v) is 9.24. The predicted molar refractivity (Wildman–Crippen MR) is 149 cm³/mol. The predicted octanol–water partition coefficient (Wildman–Crippen LogP) is 9.21. The number of rotatable bonds is 3. The minimum atomic E-state index is -0.0645. The minimum absolute atomic E-state index is 0.0645. The summed E-state index contributed by atoms with van der Waals surface area (Å²) in [7, 11) is 0. The molecule has 0 unspecified atom stereocenters. The Bertz CT molecular complexity index is 1260. The second kappa shape index (κ2) is 7.90. The molecule has 5 rings (SSSR count). The van der Waals surface area contributed by atoms with Gasteiger partial charge in [0, 0.05) is 25.5 Å². The molecule has 0 bridgehead atoms. The molecule has 0 saturated heterocycles. The van der Waals surface area contributed by atoms with E-state index in [-0.39, 0.29) is 16.2 Å². The number of hydrogen-bond acceptors (Lipinski definition) is 4. The summed E-state index contributed by atoms with van der Waals surface area (Å²) in [6, 6.07) is 13.7. The van der Waals surface area contributed by atoms with Crippen molar-refractivity contribution >= 4 is 46.1 Å². The van der Waals surface area contributed by atoms with Gasteiger partial charge in [0.25, 0.3) is 0 Å². The Hall–Kier alpha value is -1.23. The average molecular weight is 495 g/mol. The number of hydrogen-bond donors (Lipinski definition) is 1. The van der Waals surface area contributed by atoms with E-state index >= 15 is 0 Å². The van der Waals surface area contributed by atoms with Gasteiger partial charge in [-0.25, -0.2) is 0 Å². The van der Waals surface area contributed by atoms with Gasteiger partial charge in [0.1, 0.15) is 5.75 Å². The first-order valence-corrected chi connectivity index (χ1v) is 15.3. The van der Waals surface area contributed by atoms with Crippen molar-refractivity contribution in [3.05, 3.63) is 47.5 Å². The monoisotopic (exact) mass is 494 g/mol. The second-order valence-electron chi connectivity index (χ2n) is 11.4. The van der Waals surface area contributed by atoms with Crippen LogP contribution in [0, 0.1) is 10.8 Å². The molecule has 1 N–H and O–H groups in total. The highest BCUT2D eigenvalue weighted by molar-refractivity contribution is 8.01. The number of phenols is 1. The zero-order valence-corrected chi connectivity index (χ0v) is 23.2. The Labute approximate surface area is 211 Å². The van der Waals surface area contributed by atoms with Crippen molar-refractivity contribution < 1.29 is 5.11 Å². The Morgan fingerprint density at radius 3 is 1.88 bits per heavy atom. The number of phenolic OH excluding ortho intramolecular Hbond substituents is 1. The molecule has 3 aromatic carbocycles. The molecule has 0 atom stereocenters. The molecule has 0 radical (unpaired) electrons. The van der Waals surface area contributed by atoms with Gasteiger partial charge in [-0.15, -0.1) is 35.3 Å². The fourth-order valence-electron chi connectivity index (χ4n) is 7.30. The van der Waals surface area contributed by atoms with E-state index in [1.165, 1.54) is 48.7 Å². The van der Waals surface area contributed by atoms with Crippen LogP contribution in [0.15, 0.2) is 51.1 Å². The first-order chi connectivity index (χ1) is 15.5. The Balaban J connectivity index is 1.91. The molecule has 33 heavy (non-hydrogen) atoms. The van der Waals surface area contributed by atoms with E-state index in [9.17, 15) is 5.11 Å². The van der Waals surface area contributed by atoms with Crippen LogP contribution in [-0.2, 0) is 5.41 Å². The van der Waals surface area contributed by atoms with Crippen molar-refractivity contribution in [1.29, 1.82) is 0 Å². The summed E-state index contributed by atoms with van der Waals surface area (Å²) in [5.41, 5.74) is 5.92. The van der Waals surface area contributed by atoms with E-state index in [2.05, 4.69) is 82.9 Å². The fraction of sp³-hybridized carbons (Fsp3) is 0.448. The third-order valence-corrected chi connectivity index (χ3v) is 10.1. The van der Waals surface area contributed by atoms with Crippen LogP contribution in [0.1, 0.15) is 58.1 Å². The van der Waals surface area contributed by atoms with E-state index in [4.69, 9.17) is 0 Å². The van der Waals surface area contributed by atoms with Crippen molar-refractivity contribution in [3.63, 3.8) is 0 Å². The summed E-state index contributed by atoms with van der Waals surface area (Å²) < 4.78 is 0. The van der Waals surface area contributed by atoms with Gasteiger partial charge in [-0.05, 0) is 107 Å². The molecule has 0 aliphatic heterocycles. The summed E-state index contributed by atoms with van der Waals surface area (Å²) in [6.07, 6.45) is 9.89. The molecule has 1 saturated carbocycles. The third-order valence-electron chi connectivity index (χ3n) is 7.66. The molecule has 0 amide bonds. The second-order valence-corrected chi connectivity index (χ2v) is 14.0. The van der Waals surface area contributed by atoms with Gasteiger partial charge in [-0.3, -0.25) is 0 Å². The van der Waals surface area contributed by atoms with E-state index in [1.54, 1.807) is 23.5 Å². The molecule has 4 heteroatoms. The lowest BCUT2D eigenvalue weighted by Gasteiger charge is -2.51. The van der Waals surface area contributed by atoms with Gasteiger partial charge in [0.2, 0.25) is 0 Å². The highest BCUT2D eigenvalue weighted by Crippen LogP contribution is 2.65. The molecule has 3 aromatic rings. The van der Waals surface area contributed by atoms with Crippen LogP contribution in [-0.4, -0.2) is 23.9 Å².